The van der Waals surface area contributed by atoms with Gasteiger partial charge in [0.25, 0.3) is 0 Å². The van der Waals surface area contributed by atoms with Gasteiger partial charge in [-0.3, -0.25) is 4.98 Å². The Labute approximate surface area is 227 Å². The van der Waals surface area contributed by atoms with Gasteiger partial charge in [-0.15, -0.1) is 0 Å². The number of aromatic hydroxyl groups is 1. The van der Waals surface area contributed by atoms with Gasteiger partial charge in [-0.2, -0.15) is 9.97 Å². The molecule has 12 heteroatoms. The van der Waals surface area contributed by atoms with Crippen LogP contribution in [0.25, 0.3) is 32.9 Å². The number of phenolic OH excluding ortho intramolecular Hbond substituents is 1. The number of rotatable bonds is 1. The van der Waals surface area contributed by atoms with Crippen LogP contribution < -0.4 is 15.0 Å². The lowest BCUT2D eigenvalue weighted by molar-refractivity contribution is 0.0916. The van der Waals surface area contributed by atoms with Gasteiger partial charge in [-0.1, -0.05) is 6.07 Å². The second-order valence-electron chi connectivity index (χ2n) is 10.5. The minimum absolute atomic E-state index is 0.000233. The number of alkyl carbamates (subject to hydrolysis) is 1. The molecule has 1 amide bonds. The van der Waals surface area contributed by atoms with Crippen LogP contribution in [-0.4, -0.2) is 69.7 Å². The number of benzene rings is 2. The number of nitrogens with zero attached hydrogens (tertiary/aromatic N) is 4. The molecule has 0 aliphatic carbocycles. The molecule has 3 aliphatic rings. The van der Waals surface area contributed by atoms with E-state index in [1.165, 1.54) is 37.6 Å². The number of pyridine rings is 1. The van der Waals surface area contributed by atoms with Crippen molar-refractivity contribution in [2.45, 2.75) is 37.8 Å². The number of carbonyl (C=O) groups excluding carboxylic acids is 1. The van der Waals surface area contributed by atoms with Crippen molar-refractivity contribution in [2.24, 2.45) is 0 Å². The molecule has 2 aromatic carbocycles. The van der Waals surface area contributed by atoms with Gasteiger partial charge in [-0.25, -0.2) is 13.6 Å². The molecule has 0 spiro atoms. The van der Waals surface area contributed by atoms with Crippen LogP contribution in [0, 0.1) is 11.6 Å². The summed E-state index contributed by atoms with van der Waals surface area (Å²) in [4.78, 5) is 27.6. The number of ether oxygens (including phenoxy) is 2. The number of fused-ring (bicyclic) bond motifs is 6. The molecule has 1 fully saturated rings. The summed E-state index contributed by atoms with van der Waals surface area (Å²) < 4.78 is 42.3. The Kier molecular flexibility index (Phi) is 6.29. The number of aryl methyl sites for hydroxylation is 1. The van der Waals surface area contributed by atoms with E-state index in [-0.39, 0.29) is 84.3 Å². The van der Waals surface area contributed by atoms with Crippen molar-refractivity contribution >= 4 is 33.6 Å². The van der Waals surface area contributed by atoms with Crippen LogP contribution in [0.2, 0.25) is 0 Å². The third kappa shape index (κ3) is 4.47. The second-order valence-corrected chi connectivity index (χ2v) is 10.5. The van der Waals surface area contributed by atoms with Crippen LogP contribution >= 0.6 is 0 Å². The normalized spacial score (nSPS) is 21.4. The highest BCUT2D eigenvalue weighted by Crippen LogP contribution is 2.40. The Balaban J connectivity index is 1.65. The number of nitrogens with one attached hydrogen (secondary N) is 1. The Hall–Kier alpha value is -4.32. The first-order chi connectivity index (χ1) is 19.2. The minimum Gasteiger partial charge on any atom is -0.508 e. The van der Waals surface area contributed by atoms with E-state index in [1.54, 1.807) is 11.8 Å². The summed E-state index contributed by atoms with van der Waals surface area (Å²) >= 11 is 0. The summed E-state index contributed by atoms with van der Waals surface area (Å²) in [5, 5.41) is 25.2. The van der Waals surface area contributed by atoms with Crippen molar-refractivity contribution in [1.82, 2.24) is 20.3 Å². The molecule has 10 nitrogen and oxygen atoms in total. The standard InChI is InChI=1S/C28H27F2N5O5/c1-28-10-16(37)12-35(13-28)25-19-11-31-23(22(30)24(19)32-26(33-25)39-2)18-9-15(36)8-14-5-6-20(29)17(21(14)18)4-3-7-40-27(38)34-28/h5-6,8-9,11,16,36-37H,3-4,7,10,12-13H2,1-2H3,(H,34,38). The Morgan fingerprint density at radius 2 is 2.08 bits per heavy atom. The van der Waals surface area contributed by atoms with Crippen LogP contribution in [0.5, 0.6) is 11.8 Å². The monoisotopic (exact) mass is 551 g/mol. The lowest BCUT2D eigenvalue weighted by atomic mass is 9.89. The first-order valence-corrected chi connectivity index (χ1v) is 12.9. The maximum atomic E-state index is 16.4. The fraction of sp³-hybridized carbons (Fsp3) is 0.357. The first-order valence-electron chi connectivity index (χ1n) is 12.9. The van der Waals surface area contributed by atoms with Gasteiger partial charge in [0, 0.05) is 24.8 Å². The summed E-state index contributed by atoms with van der Waals surface area (Å²) in [6.07, 6.45) is 0.608. The van der Waals surface area contributed by atoms with Crippen molar-refractivity contribution in [3.63, 3.8) is 0 Å². The molecular formula is C28H27F2N5O5. The summed E-state index contributed by atoms with van der Waals surface area (Å²) in [6.45, 7) is 2.15. The molecule has 5 heterocycles. The van der Waals surface area contributed by atoms with E-state index in [1.807, 2.05) is 0 Å². The highest BCUT2D eigenvalue weighted by Gasteiger charge is 2.39. The van der Waals surface area contributed by atoms with Gasteiger partial charge in [-0.05, 0) is 60.7 Å². The number of aliphatic hydroxyl groups is 1. The fourth-order valence-electron chi connectivity index (χ4n) is 5.81. The molecule has 208 valence electrons. The average molecular weight is 552 g/mol. The van der Waals surface area contributed by atoms with Gasteiger partial charge in [0.15, 0.2) is 5.82 Å². The van der Waals surface area contributed by atoms with Crippen molar-refractivity contribution < 1.29 is 33.3 Å². The number of phenols is 1. The largest absolute Gasteiger partial charge is 0.508 e. The number of hydrogen-bond acceptors (Lipinski definition) is 9. The molecule has 3 N–H and O–H groups in total. The van der Waals surface area contributed by atoms with Crippen molar-refractivity contribution in [2.75, 3.05) is 31.7 Å². The van der Waals surface area contributed by atoms with Gasteiger partial charge >= 0.3 is 12.1 Å². The maximum absolute atomic E-state index is 16.4. The first kappa shape index (κ1) is 25.9. The van der Waals surface area contributed by atoms with Crippen molar-refractivity contribution in [1.29, 1.82) is 0 Å². The molecule has 6 bridgehead atoms. The molecule has 7 rings (SSSR count). The molecule has 3 aliphatic heterocycles. The lowest BCUT2D eigenvalue weighted by Crippen LogP contribution is -2.61. The zero-order valence-electron chi connectivity index (χ0n) is 21.9. The summed E-state index contributed by atoms with van der Waals surface area (Å²) in [5.41, 5.74) is -0.676. The number of methoxy groups -OCH3 is 1. The summed E-state index contributed by atoms with van der Waals surface area (Å²) in [5.74, 6) is -1.20. The molecule has 1 saturated heterocycles. The van der Waals surface area contributed by atoms with Crippen LogP contribution in [0.4, 0.5) is 19.4 Å². The Morgan fingerprint density at radius 3 is 2.88 bits per heavy atom. The van der Waals surface area contributed by atoms with Crippen LogP contribution in [0.1, 0.15) is 25.3 Å². The highest BCUT2D eigenvalue weighted by atomic mass is 19.1. The predicted octanol–water partition coefficient (Wildman–Crippen LogP) is 3.84. The number of halogens is 2. The van der Waals surface area contributed by atoms with Gasteiger partial charge in [0.1, 0.15) is 28.6 Å². The SMILES string of the molecule is COc1nc2c3cnc(c(F)c3n1)-c1cc(O)cc3ccc(F)c(c13)CCCOC(=O)NC1(C)CC(O)CN2C1. The lowest BCUT2D eigenvalue weighted by Gasteiger charge is -2.43. The molecule has 0 radical (unpaired) electrons. The second kappa shape index (κ2) is 9.70. The fourth-order valence-corrected chi connectivity index (χ4v) is 5.81. The summed E-state index contributed by atoms with van der Waals surface area (Å²) in [6, 6.07) is 5.48. The van der Waals surface area contributed by atoms with E-state index >= 15 is 8.78 Å². The molecular weight excluding hydrogens is 524 g/mol. The third-order valence-corrected chi connectivity index (χ3v) is 7.40. The number of hydrogen-bond donors (Lipinski definition) is 3. The number of piperidine rings is 1. The molecule has 2 unspecified atom stereocenters. The van der Waals surface area contributed by atoms with E-state index in [2.05, 4.69) is 20.3 Å². The number of amides is 1. The maximum Gasteiger partial charge on any atom is 0.407 e. The smallest absolute Gasteiger partial charge is 0.407 e. The molecule has 0 saturated carbocycles. The Morgan fingerprint density at radius 1 is 1.25 bits per heavy atom. The number of aromatic nitrogens is 3. The molecule has 4 aromatic rings. The minimum atomic E-state index is -0.912. The quantitative estimate of drug-likeness (QED) is 0.323. The van der Waals surface area contributed by atoms with E-state index in [9.17, 15) is 15.0 Å². The van der Waals surface area contributed by atoms with E-state index in [0.717, 1.165) is 0 Å². The average Bonchev–Trinajstić information content (AvgIpc) is 2.90. The summed E-state index contributed by atoms with van der Waals surface area (Å²) in [7, 11) is 1.35. The van der Waals surface area contributed by atoms with Gasteiger partial charge < -0.3 is 29.9 Å². The van der Waals surface area contributed by atoms with Gasteiger partial charge in [0.2, 0.25) is 0 Å². The molecule has 2 aromatic heterocycles. The predicted molar refractivity (Wildman–Crippen MR) is 142 cm³/mol. The number of aliphatic hydroxyl groups excluding tert-OH is 1. The third-order valence-electron chi connectivity index (χ3n) is 7.40. The van der Waals surface area contributed by atoms with E-state index in [4.69, 9.17) is 9.47 Å². The van der Waals surface area contributed by atoms with Gasteiger partial charge in [0.05, 0.1) is 30.7 Å². The highest BCUT2D eigenvalue weighted by molar-refractivity contribution is 6.01. The van der Waals surface area contributed by atoms with Crippen LogP contribution in [0.3, 0.4) is 0 Å². The number of carbonyl (C=O) groups is 1. The van der Waals surface area contributed by atoms with Crippen LogP contribution in [0.15, 0.2) is 30.5 Å². The van der Waals surface area contributed by atoms with Crippen LogP contribution in [-0.2, 0) is 11.2 Å². The Bertz CT molecular complexity index is 1670. The van der Waals surface area contributed by atoms with Crippen molar-refractivity contribution in [3.8, 4) is 23.0 Å². The molecule has 40 heavy (non-hydrogen) atoms. The zero-order chi connectivity index (χ0) is 28.2. The van der Waals surface area contributed by atoms with Crippen molar-refractivity contribution in [3.05, 3.63) is 47.7 Å². The zero-order valence-corrected chi connectivity index (χ0v) is 21.9. The van der Waals surface area contributed by atoms with E-state index < -0.39 is 29.4 Å². The molecule has 2 atom stereocenters. The number of anilines is 1. The van der Waals surface area contributed by atoms with E-state index in [0.29, 0.717) is 10.8 Å². The topological polar surface area (TPSA) is 130 Å².